The van der Waals surface area contributed by atoms with Crippen molar-refractivity contribution in [3.63, 3.8) is 0 Å². The van der Waals surface area contributed by atoms with Gasteiger partial charge in [0.25, 0.3) is 5.91 Å². The molecule has 4 rings (SSSR count). The van der Waals surface area contributed by atoms with Crippen LogP contribution in [0, 0.1) is 0 Å². The number of nitrogen functional groups attached to an aromatic ring is 1. The molecule has 4 N–H and O–H groups in total. The number of hydrogen-bond acceptors (Lipinski definition) is 6. The SMILES string of the molecule is COCc1ccc(NC(=O)c2c(C(C)O)n(C3(C)CC3)c3ncnc(N)c23)cc1. The number of methoxy groups -OCH3 is 1. The second-order valence-corrected chi connectivity index (χ2v) is 7.81. The lowest BCUT2D eigenvalue weighted by Gasteiger charge is -2.19. The van der Waals surface area contributed by atoms with Crippen molar-refractivity contribution in [1.82, 2.24) is 14.5 Å². The summed E-state index contributed by atoms with van der Waals surface area (Å²) in [6.07, 6.45) is 2.41. The van der Waals surface area contributed by atoms with E-state index in [1.54, 1.807) is 14.0 Å². The molecule has 1 unspecified atom stereocenters. The van der Waals surface area contributed by atoms with E-state index < -0.39 is 6.10 Å². The molecule has 1 aliphatic carbocycles. The molecule has 0 bridgehead atoms. The number of anilines is 2. The number of aliphatic hydroxyl groups is 1. The highest BCUT2D eigenvalue weighted by Gasteiger charge is 2.44. The van der Waals surface area contributed by atoms with Crippen molar-refractivity contribution in [1.29, 1.82) is 0 Å². The monoisotopic (exact) mass is 395 g/mol. The molecule has 8 heteroatoms. The number of nitrogens with two attached hydrogens (primary N) is 1. The molecule has 0 spiro atoms. The highest BCUT2D eigenvalue weighted by Crippen LogP contribution is 2.48. The van der Waals surface area contributed by atoms with E-state index in [9.17, 15) is 9.90 Å². The zero-order valence-corrected chi connectivity index (χ0v) is 16.8. The summed E-state index contributed by atoms with van der Waals surface area (Å²) < 4.78 is 7.08. The van der Waals surface area contributed by atoms with Gasteiger partial charge in [-0.3, -0.25) is 4.79 Å². The highest BCUT2D eigenvalue weighted by molar-refractivity contribution is 6.16. The lowest BCUT2D eigenvalue weighted by Crippen LogP contribution is -2.21. The molecule has 152 valence electrons. The van der Waals surface area contributed by atoms with E-state index in [0.29, 0.717) is 34.6 Å². The average Bonchev–Trinajstić information content (AvgIpc) is 3.31. The molecule has 1 amide bonds. The first-order valence-electron chi connectivity index (χ1n) is 9.58. The normalized spacial score (nSPS) is 16.0. The maximum Gasteiger partial charge on any atom is 0.258 e. The van der Waals surface area contributed by atoms with Gasteiger partial charge in [-0.2, -0.15) is 0 Å². The number of carbonyl (C=O) groups excluding carboxylic acids is 1. The maximum atomic E-state index is 13.3. The van der Waals surface area contributed by atoms with Crippen molar-refractivity contribution >= 4 is 28.4 Å². The van der Waals surface area contributed by atoms with E-state index in [0.717, 1.165) is 18.4 Å². The van der Waals surface area contributed by atoms with Crippen LogP contribution in [0.5, 0.6) is 0 Å². The first kappa shape index (κ1) is 19.4. The second-order valence-electron chi connectivity index (χ2n) is 7.81. The Morgan fingerprint density at radius 1 is 1.34 bits per heavy atom. The zero-order valence-electron chi connectivity index (χ0n) is 16.8. The van der Waals surface area contributed by atoms with E-state index >= 15 is 0 Å². The minimum Gasteiger partial charge on any atom is -0.387 e. The van der Waals surface area contributed by atoms with Crippen molar-refractivity contribution in [2.24, 2.45) is 0 Å². The van der Waals surface area contributed by atoms with Crippen LogP contribution in [0.15, 0.2) is 30.6 Å². The Hall–Kier alpha value is -2.97. The van der Waals surface area contributed by atoms with Gasteiger partial charge in [0, 0.05) is 18.3 Å². The predicted molar refractivity (Wildman–Crippen MR) is 111 cm³/mol. The van der Waals surface area contributed by atoms with Crippen LogP contribution in [0.1, 0.15) is 54.4 Å². The van der Waals surface area contributed by atoms with Gasteiger partial charge in [-0.05, 0) is 44.4 Å². The van der Waals surface area contributed by atoms with Gasteiger partial charge in [0.15, 0.2) is 0 Å². The molecule has 1 atom stereocenters. The summed E-state index contributed by atoms with van der Waals surface area (Å²) in [5.41, 5.74) is 9.02. The molecular formula is C21H25N5O3. The van der Waals surface area contributed by atoms with Crippen molar-refractivity contribution in [2.45, 2.75) is 44.9 Å². The number of hydrogen-bond donors (Lipinski definition) is 3. The summed E-state index contributed by atoms with van der Waals surface area (Å²) in [6.45, 7) is 4.24. The summed E-state index contributed by atoms with van der Waals surface area (Å²) in [5, 5.41) is 14.0. The Morgan fingerprint density at radius 2 is 2.03 bits per heavy atom. The fraction of sp³-hybridized carbons (Fsp3) is 0.381. The van der Waals surface area contributed by atoms with E-state index in [1.807, 2.05) is 28.8 Å². The third-order valence-electron chi connectivity index (χ3n) is 5.47. The maximum absolute atomic E-state index is 13.3. The summed E-state index contributed by atoms with van der Waals surface area (Å²) in [6, 6.07) is 7.41. The van der Waals surface area contributed by atoms with Gasteiger partial charge in [-0.25, -0.2) is 9.97 Å². The Balaban J connectivity index is 1.82. The minimum atomic E-state index is -0.870. The van der Waals surface area contributed by atoms with Crippen LogP contribution >= 0.6 is 0 Å². The molecule has 0 saturated heterocycles. The smallest absolute Gasteiger partial charge is 0.258 e. The first-order valence-corrected chi connectivity index (χ1v) is 9.58. The molecule has 29 heavy (non-hydrogen) atoms. The van der Waals surface area contributed by atoms with Gasteiger partial charge in [0.2, 0.25) is 0 Å². The van der Waals surface area contributed by atoms with Crippen LogP contribution in [-0.4, -0.2) is 32.7 Å². The van der Waals surface area contributed by atoms with Crippen molar-refractivity contribution in [3.05, 3.63) is 47.4 Å². The minimum absolute atomic E-state index is 0.189. The van der Waals surface area contributed by atoms with E-state index in [-0.39, 0.29) is 17.3 Å². The molecule has 1 aromatic carbocycles. The topological polar surface area (TPSA) is 115 Å². The molecule has 1 aliphatic rings. The van der Waals surface area contributed by atoms with E-state index in [1.165, 1.54) is 6.33 Å². The molecule has 0 radical (unpaired) electrons. The number of benzene rings is 1. The highest BCUT2D eigenvalue weighted by atomic mass is 16.5. The van der Waals surface area contributed by atoms with Gasteiger partial charge in [-0.15, -0.1) is 0 Å². The van der Waals surface area contributed by atoms with E-state index in [2.05, 4.69) is 22.2 Å². The molecule has 8 nitrogen and oxygen atoms in total. The Morgan fingerprint density at radius 3 is 2.62 bits per heavy atom. The number of rotatable bonds is 6. The largest absolute Gasteiger partial charge is 0.387 e. The number of aliphatic hydroxyl groups excluding tert-OH is 1. The fourth-order valence-electron chi connectivity index (χ4n) is 3.77. The number of aromatic nitrogens is 3. The van der Waals surface area contributed by atoms with Crippen molar-refractivity contribution in [3.8, 4) is 0 Å². The van der Waals surface area contributed by atoms with Crippen LogP contribution in [0.2, 0.25) is 0 Å². The molecule has 2 aromatic heterocycles. The van der Waals surface area contributed by atoms with Crippen LogP contribution in [0.4, 0.5) is 11.5 Å². The third kappa shape index (κ3) is 3.34. The summed E-state index contributed by atoms with van der Waals surface area (Å²) in [7, 11) is 1.63. The summed E-state index contributed by atoms with van der Waals surface area (Å²) in [5.74, 6) is -0.129. The standard InChI is InChI=1S/C21H25N5O3/c1-12(27)17-15(20(28)25-14-6-4-13(5-7-14)10-29-3)16-18(22)23-11-24-19(16)26(17)21(2)8-9-21/h4-7,11-12,27H,8-10H2,1-3H3,(H,25,28)(H2,22,23,24). The van der Waals surface area contributed by atoms with Gasteiger partial charge >= 0.3 is 0 Å². The Labute approximate surface area is 168 Å². The van der Waals surface area contributed by atoms with E-state index in [4.69, 9.17) is 10.5 Å². The third-order valence-corrected chi connectivity index (χ3v) is 5.47. The molecule has 1 fully saturated rings. The Bertz CT molecular complexity index is 1070. The molecule has 3 aromatic rings. The van der Waals surface area contributed by atoms with Crippen molar-refractivity contribution in [2.75, 3.05) is 18.2 Å². The van der Waals surface area contributed by atoms with Gasteiger partial charge in [0.05, 0.1) is 29.4 Å². The van der Waals surface area contributed by atoms with Crippen LogP contribution < -0.4 is 11.1 Å². The lowest BCUT2D eigenvalue weighted by molar-refractivity contribution is 0.102. The average molecular weight is 395 g/mol. The van der Waals surface area contributed by atoms with Crippen LogP contribution in [0.25, 0.3) is 11.0 Å². The lowest BCUT2D eigenvalue weighted by atomic mass is 10.1. The summed E-state index contributed by atoms with van der Waals surface area (Å²) >= 11 is 0. The number of ether oxygens (including phenoxy) is 1. The molecular weight excluding hydrogens is 370 g/mol. The van der Waals surface area contributed by atoms with Gasteiger partial charge in [0.1, 0.15) is 17.8 Å². The number of fused-ring (bicyclic) bond motifs is 1. The van der Waals surface area contributed by atoms with Gasteiger partial charge < -0.3 is 25.5 Å². The number of nitrogens with one attached hydrogen (secondary N) is 1. The van der Waals surface area contributed by atoms with Crippen LogP contribution in [-0.2, 0) is 16.9 Å². The van der Waals surface area contributed by atoms with Crippen molar-refractivity contribution < 1.29 is 14.6 Å². The Kier molecular flexibility index (Phi) is 4.76. The second kappa shape index (κ2) is 7.13. The van der Waals surface area contributed by atoms with Crippen LogP contribution in [0.3, 0.4) is 0 Å². The quantitative estimate of drug-likeness (QED) is 0.591. The summed E-state index contributed by atoms with van der Waals surface area (Å²) in [4.78, 5) is 21.8. The number of nitrogens with zero attached hydrogens (tertiary/aromatic N) is 3. The fourth-order valence-corrected chi connectivity index (χ4v) is 3.77. The predicted octanol–water partition coefficient (Wildman–Crippen LogP) is 2.97. The molecule has 2 heterocycles. The zero-order chi connectivity index (χ0) is 20.8. The number of amides is 1. The number of carbonyl (C=O) groups is 1. The van der Waals surface area contributed by atoms with Gasteiger partial charge in [-0.1, -0.05) is 12.1 Å². The molecule has 1 saturated carbocycles. The molecule has 0 aliphatic heterocycles. The first-order chi connectivity index (χ1) is 13.9.